The molecule has 2 atom stereocenters. The topological polar surface area (TPSA) is 39.7 Å². The summed E-state index contributed by atoms with van der Waals surface area (Å²) >= 11 is 0. The number of para-hydroxylation sites is 2. The third-order valence-corrected chi connectivity index (χ3v) is 4.10. The van der Waals surface area contributed by atoms with E-state index < -0.39 is 0 Å². The van der Waals surface area contributed by atoms with Crippen LogP contribution in [0.5, 0.6) is 11.5 Å². The molecule has 0 saturated carbocycles. The van der Waals surface area contributed by atoms with Crippen molar-refractivity contribution < 1.29 is 14.2 Å². The van der Waals surface area contributed by atoms with Crippen molar-refractivity contribution in [1.82, 2.24) is 5.32 Å². The number of ether oxygens (including phenoxy) is 3. The van der Waals surface area contributed by atoms with E-state index in [0.717, 1.165) is 29.2 Å². The summed E-state index contributed by atoms with van der Waals surface area (Å²) in [5, 5.41) is 3.24. The summed E-state index contributed by atoms with van der Waals surface area (Å²) in [6, 6.07) is 16.1. The Balaban J connectivity index is 1.92. The molecule has 0 amide bonds. The molecule has 0 spiro atoms. The Bertz CT molecular complexity index is 644. The van der Waals surface area contributed by atoms with Crippen molar-refractivity contribution in [3.63, 3.8) is 0 Å². The molecule has 0 bridgehead atoms. The molecule has 4 nitrogen and oxygen atoms in total. The van der Waals surface area contributed by atoms with Crippen LogP contribution in [0.4, 0.5) is 0 Å². The molecule has 2 aromatic carbocycles. The van der Waals surface area contributed by atoms with Gasteiger partial charge < -0.3 is 19.5 Å². The summed E-state index contributed by atoms with van der Waals surface area (Å²) in [5.74, 6) is 2.04. The maximum Gasteiger partial charge on any atom is 0.135 e. The molecule has 2 aromatic rings. The summed E-state index contributed by atoms with van der Waals surface area (Å²) in [4.78, 5) is 0. The van der Waals surface area contributed by atoms with Crippen molar-refractivity contribution in [2.45, 2.75) is 12.7 Å². The Labute approximate surface area is 137 Å². The lowest BCUT2D eigenvalue weighted by Crippen LogP contribution is -2.36. The van der Waals surface area contributed by atoms with E-state index >= 15 is 0 Å². The zero-order valence-corrected chi connectivity index (χ0v) is 13.6. The molecule has 1 N–H and O–H groups in total. The van der Waals surface area contributed by atoms with Crippen LogP contribution in [-0.4, -0.2) is 27.3 Å². The maximum absolute atomic E-state index is 6.43. The molecule has 0 aromatic heterocycles. The van der Waals surface area contributed by atoms with Crippen molar-refractivity contribution >= 4 is 0 Å². The van der Waals surface area contributed by atoms with Gasteiger partial charge in [-0.3, -0.25) is 0 Å². The normalized spacial score (nSPS) is 19.7. The Morgan fingerprint density at radius 3 is 2.74 bits per heavy atom. The van der Waals surface area contributed by atoms with Crippen LogP contribution in [-0.2, 0) is 11.3 Å². The molecule has 4 heteroatoms. The highest BCUT2D eigenvalue weighted by molar-refractivity contribution is 5.39. The van der Waals surface area contributed by atoms with Crippen LogP contribution in [0, 0.1) is 5.92 Å². The number of fused-ring (bicyclic) bond motifs is 1. The zero-order valence-electron chi connectivity index (χ0n) is 13.6. The van der Waals surface area contributed by atoms with Gasteiger partial charge in [0, 0.05) is 30.7 Å². The number of nitrogens with one attached hydrogen (secondary N) is 1. The van der Waals surface area contributed by atoms with E-state index in [1.165, 1.54) is 0 Å². The molecular weight excluding hydrogens is 290 g/mol. The van der Waals surface area contributed by atoms with E-state index in [4.69, 9.17) is 14.2 Å². The third-order valence-electron chi connectivity index (χ3n) is 4.10. The van der Waals surface area contributed by atoms with Gasteiger partial charge >= 0.3 is 0 Å². The van der Waals surface area contributed by atoms with Gasteiger partial charge in [0.15, 0.2) is 0 Å². The lowest BCUT2D eigenvalue weighted by atomic mass is 9.92. The molecule has 2 unspecified atom stereocenters. The quantitative estimate of drug-likeness (QED) is 0.889. The first kappa shape index (κ1) is 15.8. The highest BCUT2D eigenvalue weighted by Crippen LogP contribution is 2.39. The van der Waals surface area contributed by atoms with E-state index in [-0.39, 0.29) is 12.0 Å². The maximum atomic E-state index is 6.43. The zero-order chi connectivity index (χ0) is 16.1. The minimum absolute atomic E-state index is 0.0367. The summed E-state index contributed by atoms with van der Waals surface area (Å²) in [7, 11) is 3.65. The lowest BCUT2D eigenvalue weighted by Gasteiger charge is -2.34. The smallest absolute Gasteiger partial charge is 0.135 e. The fraction of sp³-hybridized carbons (Fsp3) is 0.368. The molecule has 0 saturated heterocycles. The van der Waals surface area contributed by atoms with Gasteiger partial charge in [0.25, 0.3) is 0 Å². The average molecular weight is 313 g/mol. The lowest BCUT2D eigenvalue weighted by molar-refractivity contribution is 0.0677. The predicted molar refractivity (Wildman–Crippen MR) is 89.9 cm³/mol. The highest BCUT2D eigenvalue weighted by atomic mass is 16.5. The van der Waals surface area contributed by atoms with Gasteiger partial charge in [-0.1, -0.05) is 36.4 Å². The Kier molecular flexibility index (Phi) is 5.16. The van der Waals surface area contributed by atoms with Crippen LogP contribution < -0.4 is 14.8 Å². The number of hydrogen-bond acceptors (Lipinski definition) is 4. The second-order valence-electron chi connectivity index (χ2n) is 5.75. The number of benzene rings is 2. The molecule has 0 fully saturated rings. The van der Waals surface area contributed by atoms with Gasteiger partial charge in [-0.2, -0.15) is 0 Å². The van der Waals surface area contributed by atoms with Gasteiger partial charge in [-0.25, -0.2) is 0 Å². The van der Waals surface area contributed by atoms with E-state index in [1.807, 2.05) is 49.5 Å². The minimum atomic E-state index is -0.0367. The number of hydrogen-bond donors (Lipinski definition) is 1. The summed E-state index contributed by atoms with van der Waals surface area (Å²) < 4.78 is 17.6. The molecule has 1 aliphatic rings. The minimum Gasteiger partial charge on any atom is -0.493 e. The second-order valence-corrected chi connectivity index (χ2v) is 5.75. The van der Waals surface area contributed by atoms with Crippen LogP contribution in [0.25, 0.3) is 0 Å². The number of methoxy groups -OCH3 is 1. The van der Waals surface area contributed by atoms with Gasteiger partial charge in [0.1, 0.15) is 17.6 Å². The Hall–Kier alpha value is -2.04. The first-order valence-electron chi connectivity index (χ1n) is 7.93. The monoisotopic (exact) mass is 313 g/mol. The van der Waals surface area contributed by atoms with Crippen LogP contribution in [0.3, 0.4) is 0 Å². The van der Waals surface area contributed by atoms with Gasteiger partial charge in [-0.05, 0) is 19.2 Å². The van der Waals surface area contributed by atoms with E-state index in [0.29, 0.717) is 13.2 Å². The fourth-order valence-corrected chi connectivity index (χ4v) is 3.00. The Morgan fingerprint density at radius 1 is 1.13 bits per heavy atom. The predicted octanol–water partition coefficient (Wildman–Crippen LogP) is 3.18. The largest absolute Gasteiger partial charge is 0.493 e. The van der Waals surface area contributed by atoms with Crippen LogP contribution in [0.1, 0.15) is 17.2 Å². The van der Waals surface area contributed by atoms with Gasteiger partial charge in [0.05, 0.1) is 13.2 Å². The average Bonchev–Trinajstić information content (AvgIpc) is 2.59. The molecule has 0 aliphatic carbocycles. The third kappa shape index (κ3) is 3.49. The van der Waals surface area contributed by atoms with Crippen molar-refractivity contribution in [2.24, 2.45) is 5.92 Å². The molecule has 1 heterocycles. The number of rotatable bonds is 6. The van der Waals surface area contributed by atoms with Gasteiger partial charge in [0.2, 0.25) is 0 Å². The van der Waals surface area contributed by atoms with Crippen LogP contribution >= 0.6 is 0 Å². The standard InChI is InChI=1S/C19H23NO3/c1-20-11-15-13-22-18-10-6-4-8-16(18)19(15)23-17-9-5-3-7-14(17)12-21-2/h3-10,15,19-20H,11-13H2,1-2H3. The van der Waals surface area contributed by atoms with E-state index in [9.17, 15) is 0 Å². The van der Waals surface area contributed by atoms with Crippen molar-refractivity contribution in [2.75, 3.05) is 27.3 Å². The molecule has 1 aliphatic heterocycles. The summed E-state index contributed by atoms with van der Waals surface area (Å²) in [6.07, 6.45) is -0.0367. The van der Waals surface area contributed by atoms with Crippen molar-refractivity contribution in [1.29, 1.82) is 0 Å². The Morgan fingerprint density at radius 2 is 1.91 bits per heavy atom. The first-order valence-corrected chi connectivity index (χ1v) is 7.93. The summed E-state index contributed by atoms with van der Waals surface area (Å²) in [6.45, 7) is 2.03. The van der Waals surface area contributed by atoms with E-state index in [2.05, 4.69) is 11.4 Å². The van der Waals surface area contributed by atoms with Crippen molar-refractivity contribution in [3.8, 4) is 11.5 Å². The van der Waals surface area contributed by atoms with E-state index in [1.54, 1.807) is 7.11 Å². The fourth-order valence-electron chi connectivity index (χ4n) is 3.00. The molecule has 3 rings (SSSR count). The van der Waals surface area contributed by atoms with Crippen molar-refractivity contribution in [3.05, 3.63) is 59.7 Å². The molecule has 23 heavy (non-hydrogen) atoms. The van der Waals surface area contributed by atoms with Crippen LogP contribution in [0.2, 0.25) is 0 Å². The molecule has 0 radical (unpaired) electrons. The summed E-state index contributed by atoms with van der Waals surface area (Å²) in [5.41, 5.74) is 2.16. The molecule has 122 valence electrons. The SMILES string of the molecule is CNCC1COc2ccccc2C1Oc1ccccc1COC. The molecular formula is C19H23NO3. The van der Waals surface area contributed by atoms with Gasteiger partial charge in [-0.15, -0.1) is 0 Å². The first-order chi connectivity index (χ1) is 11.3. The highest BCUT2D eigenvalue weighted by Gasteiger charge is 2.32. The second kappa shape index (κ2) is 7.49. The van der Waals surface area contributed by atoms with Crippen LogP contribution in [0.15, 0.2) is 48.5 Å².